The molecule has 0 aliphatic carbocycles. The maximum absolute atomic E-state index is 10.8. The number of rotatable bonds is 3. The van der Waals surface area contributed by atoms with Crippen molar-refractivity contribution in [3.8, 4) is 6.07 Å². The highest BCUT2D eigenvalue weighted by molar-refractivity contribution is 5.74. The summed E-state index contributed by atoms with van der Waals surface area (Å²) in [6.45, 7) is 3.85. The van der Waals surface area contributed by atoms with E-state index in [9.17, 15) is 4.79 Å². The topological polar surface area (TPSA) is 50.1 Å². The van der Waals surface area contributed by atoms with Crippen molar-refractivity contribution in [1.82, 2.24) is 0 Å². The molecule has 0 heterocycles. The molecule has 0 fully saturated rings. The SMILES string of the molecule is CCOC(=O)[C@H](C#N)CC. The number of ether oxygens (including phenoxy) is 1. The van der Waals surface area contributed by atoms with Crippen LogP contribution in [0.25, 0.3) is 0 Å². The summed E-state index contributed by atoms with van der Waals surface area (Å²) >= 11 is 0. The number of esters is 1. The molecular weight excluding hydrogens is 130 g/mol. The van der Waals surface area contributed by atoms with Gasteiger partial charge < -0.3 is 4.74 Å². The fraction of sp³-hybridized carbons (Fsp3) is 0.714. The Kier molecular flexibility index (Phi) is 4.30. The number of nitrogens with zero attached hydrogens (tertiary/aromatic N) is 1. The highest BCUT2D eigenvalue weighted by Gasteiger charge is 2.15. The van der Waals surface area contributed by atoms with Crippen LogP contribution in [0.3, 0.4) is 0 Å². The molecule has 3 nitrogen and oxygen atoms in total. The van der Waals surface area contributed by atoms with E-state index in [0.29, 0.717) is 13.0 Å². The van der Waals surface area contributed by atoms with Gasteiger partial charge in [-0.05, 0) is 13.3 Å². The zero-order chi connectivity index (χ0) is 7.98. The first-order valence-electron chi connectivity index (χ1n) is 3.32. The van der Waals surface area contributed by atoms with Crippen LogP contribution in [0.2, 0.25) is 0 Å². The van der Waals surface area contributed by atoms with Gasteiger partial charge in [-0.25, -0.2) is 0 Å². The Hall–Kier alpha value is -1.04. The minimum Gasteiger partial charge on any atom is -0.465 e. The molecule has 0 amide bonds. The first-order chi connectivity index (χ1) is 4.76. The van der Waals surface area contributed by atoms with Gasteiger partial charge >= 0.3 is 5.97 Å². The smallest absolute Gasteiger partial charge is 0.323 e. The van der Waals surface area contributed by atoms with Gasteiger partial charge in [-0.15, -0.1) is 0 Å². The Morgan fingerprint density at radius 1 is 1.70 bits per heavy atom. The highest BCUT2D eigenvalue weighted by Crippen LogP contribution is 2.02. The van der Waals surface area contributed by atoms with Gasteiger partial charge in [-0.1, -0.05) is 6.92 Å². The predicted molar refractivity (Wildman–Crippen MR) is 36.0 cm³/mol. The van der Waals surface area contributed by atoms with Crippen LogP contribution >= 0.6 is 0 Å². The van der Waals surface area contributed by atoms with E-state index in [1.807, 2.05) is 6.07 Å². The molecule has 0 aromatic heterocycles. The monoisotopic (exact) mass is 141 g/mol. The summed E-state index contributed by atoms with van der Waals surface area (Å²) in [6, 6.07) is 1.86. The lowest BCUT2D eigenvalue weighted by molar-refractivity contribution is -0.146. The maximum Gasteiger partial charge on any atom is 0.323 e. The number of hydrogen-bond donors (Lipinski definition) is 0. The third-order valence-electron chi connectivity index (χ3n) is 1.14. The lowest BCUT2D eigenvalue weighted by Gasteiger charge is -2.03. The van der Waals surface area contributed by atoms with E-state index in [1.165, 1.54) is 0 Å². The molecule has 0 radical (unpaired) electrons. The third kappa shape index (κ3) is 2.49. The zero-order valence-corrected chi connectivity index (χ0v) is 6.26. The van der Waals surface area contributed by atoms with Crippen molar-refractivity contribution in [2.75, 3.05) is 6.61 Å². The summed E-state index contributed by atoms with van der Waals surface area (Å²) in [5.74, 6) is -0.993. The molecule has 0 bridgehead atoms. The van der Waals surface area contributed by atoms with Crippen LogP contribution < -0.4 is 0 Å². The molecular formula is C7H11NO2. The number of carbonyl (C=O) groups is 1. The molecule has 0 saturated carbocycles. The first kappa shape index (κ1) is 8.96. The van der Waals surface area contributed by atoms with E-state index in [2.05, 4.69) is 4.74 Å². The van der Waals surface area contributed by atoms with E-state index < -0.39 is 11.9 Å². The van der Waals surface area contributed by atoms with Crippen LogP contribution in [0.5, 0.6) is 0 Å². The van der Waals surface area contributed by atoms with E-state index in [-0.39, 0.29) is 0 Å². The van der Waals surface area contributed by atoms with Crippen LogP contribution in [-0.4, -0.2) is 12.6 Å². The van der Waals surface area contributed by atoms with Crippen LogP contribution in [0.1, 0.15) is 20.3 Å². The number of carbonyl (C=O) groups excluding carboxylic acids is 1. The average Bonchev–Trinajstić information content (AvgIpc) is 1.91. The molecule has 3 heteroatoms. The molecule has 56 valence electrons. The summed E-state index contributed by atoms with van der Waals surface area (Å²) < 4.78 is 4.62. The first-order valence-corrected chi connectivity index (χ1v) is 3.32. The molecule has 0 aliphatic rings. The van der Waals surface area contributed by atoms with Gasteiger partial charge in [-0.3, -0.25) is 4.79 Å². The average molecular weight is 141 g/mol. The largest absolute Gasteiger partial charge is 0.465 e. The molecule has 0 aromatic rings. The van der Waals surface area contributed by atoms with Crippen molar-refractivity contribution in [3.63, 3.8) is 0 Å². The van der Waals surface area contributed by atoms with Gasteiger partial charge in [-0.2, -0.15) is 5.26 Å². The summed E-state index contributed by atoms with van der Waals surface area (Å²) in [5, 5.41) is 8.37. The summed E-state index contributed by atoms with van der Waals surface area (Å²) in [6.07, 6.45) is 0.523. The predicted octanol–water partition coefficient (Wildman–Crippen LogP) is 1.10. The Morgan fingerprint density at radius 3 is 2.60 bits per heavy atom. The third-order valence-corrected chi connectivity index (χ3v) is 1.14. The van der Waals surface area contributed by atoms with E-state index in [0.717, 1.165) is 0 Å². The number of nitriles is 1. The summed E-state index contributed by atoms with van der Waals surface area (Å²) in [7, 11) is 0. The van der Waals surface area contributed by atoms with Crippen molar-refractivity contribution < 1.29 is 9.53 Å². The fourth-order valence-corrected chi connectivity index (χ4v) is 0.554. The van der Waals surface area contributed by atoms with E-state index in [4.69, 9.17) is 5.26 Å². The van der Waals surface area contributed by atoms with Gasteiger partial charge in [0.2, 0.25) is 0 Å². The standard InChI is InChI=1S/C7H11NO2/c1-3-6(5-8)7(9)10-4-2/h6H,3-4H2,1-2H3/t6-/m0/s1. The highest BCUT2D eigenvalue weighted by atomic mass is 16.5. The zero-order valence-electron chi connectivity index (χ0n) is 6.26. The molecule has 1 atom stereocenters. The minimum absolute atomic E-state index is 0.344. The van der Waals surface area contributed by atoms with Gasteiger partial charge in [0, 0.05) is 0 Å². The second kappa shape index (κ2) is 4.80. The summed E-state index contributed by atoms with van der Waals surface area (Å²) in [5.41, 5.74) is 0. The molecule has 0 aromatic carbocycles. The van der Waals surface area contributed by atoms with Crippen molar-refractivity contribution in [3.05, 3.63) is 0 Å². The van der Waals surface area contributed by atoms with Crippen molar-refractivity contribution >= 4 is 5.97 Å². The second-order valence-electron chi connectivity index (χ2n) is 1.84. The quantitative estimate of drug-likeness (QED) is 0.553. The molecule has 0 aliphatic heterocycles. The lowest BCUT2D eigenvalue weighted by atomic mass is 10.1. The molecule has 0 spiro atoms. The van der Waals surface area contributed by atoms with Crippen LogP contribution in [0.15, 0.2) is 0 Å². The molecule has 0 rings (SSSR count). The normalized spacial score (nSPS) is 11.7. The lowest BCUT2D eigenvalue weighted by Crippen LogP contribution is -2.14. The van der Waals surface area contributed by atoms with Crippen molar-refractivity contribution in [1.29, 1.82) is 5.26 Å². The van der Waals surface area contributed by atoms with E-state index in [1.54, 1.807) is 13.8 Å². The molecule has 10 heavy (non-hydrogen) atoms. The maximum atomic E-state index is 10.8. The second-order valence-corrected chi connectivity index (χ2v) is 1.84. The van der Waals surface area contributed by atoms with E-state index >= 15 is 0 Å². The van der Waals surface area contributed by atoms with Gasteiger partial charge in [0.15, 0.2) is 0 Å². The van der Waals surface area contributed by atoms with Crippen molar-refractivity contribution in [2.24, 2.45) is 5.92 Å². The summed E-state index contributed by atoms with van der Waals surface area (Å²) in [4.78, 5) is 10.8. The minimum atomic E-state index is -0.583. The van der Waals surface area contributed by atoms with Crippen LogP contribution in [0.4, 0.5) is 0 Å². The Bertz CT molecular complexity index is 148. The van der Waals surface area contributed by atoms with Gasteiger partial charge in [0.05, 0.1) is 12.7 Å². The van der Waals surface area contributed by atoms with Crippen LogP contribution in [-0.2, 0) is 9.53 Å². The molecule has 0 N–H and O–H groups in total. The Morgan fingerprint density at radius 2 is 2.30 bits per heavy atom. The Labute approximate surface area is 60.6 Å². The molecule has 0 unspecified atom stereocenters. The Balaban J connectivity index is 3.80. The van der Waals surface area contributed by atoms with Gasteiger partial charge in [0.1, 0.15) is 5.92 Å². The number of hydrogen-bond acceptors (Lipinski definition) is 3. The van der Waals surface area contributed by atoms with Crippen molar-refractivity contribution in [2.45, 2.75) is 20.3 Å². The fourth-order valence-electron chi connectivity index (χ4n) is 0.554. The van der Waals surface area contributed by atoms with Gasteiger partial charge in [0.25, 0.3) is 0 Å². The van der Waals surface area contributed by atoms with Crippen LogP contribution in [0, 0.1) is 17.2 Å². The molecule has 0 saturated heterocycles.